The first-order valence-corrected chi connectivity index (χ1v) is 10.1. The maximum absolute atomic E-state index is 11.4. The monoisotopic (exact) mass is 390 g/mol. The van der Waals surface area contributed by atoms with Crippen molar-refractivity contribution >= 4 is 21.4 Å². The van der Waals surface area contributed by atoms with Gasteiger partial charge in [-0.05, 0) is 41.5 Å². The van der Waals surface area contributed by atoms with E-state index < -0.39 is 10.0 Å². The first kappa shape index (κ1) is 18.0. The number of hydrogen-bond donors (Lipinski definition) is 3. The van der Waals surface area contributed by atoms with Crippen LogP contribution in [0, 0.1) is 0 Å². The Hall–Kier alpha value is -3.42. The highest BCUT2D eigenvalue weighted by Gasteiger charge is 2.11. The molecule has 0 atom stereocenters. The number of aromatic nitrogens is 2. The van der Waals surface area contributed by atoms with Crippen molar-refractivity contribution in [1.29, 1.82) is 0 Å². The third-order valence-corrected chi connectivity index (χ3v) is 5.27. The first-order valence-electron chi connectivity index (χ1n) is 8.60. The number of H-pyrrole nitrogens is 1. The molecule has 0 saturated carbocycles. The molecule has 0 saturated heterocycles. The molecule has 0 spiro atoms. The number of benzene rings is 3. The van der Waals surface area contributed by atoms with E-state index in [1.165, 1.54) is 12.1 Å². The topological polar surface area (TPSA) is 101 Å². The van der Waals surface area contributed by atoms with Crippen molar-refractivity contribution in [3.8, 4) is 22.4 Å². The van der Waals surface area contributed by atoms with Crippen LogP contribution in [-0.2, 0) is 10.0 Å². The summed E-state index contributed by atoms with van der Waals surface area (Å²) in [5.41, 5.74) is 5.49. The van der Waals surface area contributed by atoms with Crippen LogP contribution in [0.4, 0.5) is 11.4 Å². The lowest BCUT2D eigenvalue weighted by Crippen LogP contribution is -2.11. The average Bonchev–Trinajstić information content (AvgIpc) is 3.17. The molecular weight excluding hydrogens is 372 g/mol. The van der Waals surface area contributed by atoms with E-state index in [4.69, 9.17) is 5.14 Å². The summed E-state index contributed by atoms with van der Waals surface area (Å²) >= 11 is 0. The summed E-state index contributed by atoms with van der Waals surface area (Å²) in [6.45, 7) is 0. The number of rotatable bonds is 5. The predicted octanol–water partition coefficient (Wildman–Crippen LogP) is 4.13. The average molecular weight is 390 g/mol. The summed E-state index contributed by atoms with van der Waals surface area (Å²) in [6, 6.07) is 24.5. The van der Waals surface area contributed by atoms with E-state index in [0.717, 1.165) is 33.8 Å². The Morgan fingerprint density at radius 2 is 1.50 bits per heavy atom. The van der Waals surface area contributed by atoms with Crippen LogP contribution in [0.5, 0.6) is 0 Å². The largest absolute Gasteiger partial charge is 0.352 e. The van der Waals surface area contributed by atoms with Crippen molar-refractivity contribution in [2.75, 3.05) is 5.32 Å². The number of sulfonamides is 1. The third kappa shape index (κ3) is 3.80. The lowest BCUT2D eigenvalue weighted by atomic mass is 10.0. The van der Waals surface area contributed by atoms with Crippen molar-refractivity contribution in [2.45, 2.75) is 4.90 Å². The molecule has 0 aliphatic rings. The van der Waals surface area contributed by atoms with Gasteiger partial charge in [0.1, 0.15) is 5.69 Å². The molecule has 3 aromatic carbocycles. The van der Waals surface area contributed by atoms with Crippen LogP contribution in [0.15, 0.2) is 90.0 Å². The minimum absolute atomic E-state index is 0.0704. The van der Waals surface area contributed by atoms with Crippen molar-refractivity contribution < 1.29 is 8.42 Å². The van der Waals surface area contributed by atoms with Gasteiger partial charge in [0, 0.05) is 17.4 Å². The van der Waals surface area contributed by atoms with Crippen LogP contribution >= 0.6 is 0 Å². The van der Waals surface area contributed by atoms with Crippen molar-refractivity contribution in [3.63, 3.8) is 0 Å². The van der Waals surface area contributed by atoms with E-state index in [2.05, 4.69) is 39.8 Å². The van der Waals surface area contributed by atoms with Crippen LogP contribution in [0.3, 0.4) is 0 Å². The van der Waals surface area contributed by atoms with Gasteiger partial charge in [-0.15, -0.1) is 0 Å². The Morgan fingerprint density at radius 1 is 0.821 bits per heavy atom. The van der Waals surface area contributed by atoms with Gasteiger partial charge in [0.25, 0.3) is 0 Å². The van der Waals surface area contributed by atoms with Crippen molar-refractivity contribution in [1.82, 2.24) is 10.2 Å². The smallest absolute Gasteiger partial charge is 0.238 e. The number of nitrogens with one attached hydrogen (secondary N) is 2. The van der Waals surface area contributed by atoms with Gasteiger partial charge in [0.15, 0.2) is 0 Å². The van der Waals surface area contributed by atoms with Crippen LogP contribution in [0.25, 0.3) is 22.4 Å². The van der Waals surface area contributed by atoms with Gasteiger partial charge in [-0.1, -0.05) is 48.5 Å². The lowest BCUT2D eigenvalue weighted by Gasteiger charge is -2.09. The molecule has 140 valence electrons. The quantitative estimate of drug-likeness (QED) is 0.477. The number of anilines is 2. The van der Waals surface area contributed by atoms with Gasteiger partial charge in [-0.25, -0.2) is 13.6 Å². The molecule has 6 nitrogen and oxygen atoms in total. The number of primary sulfonamides is 1. The van der Waals surface area contributed by atoms with E-state index in [9.17, 15) is 8.42 Å². The SMILES string of the molecule is NS(=O)(=O)c1ccc(Nc2c[nH]nc2-c2cccc(-c3ccccc3)c2)cc1. The second-order valence-corrected chi connectivity index (χ2v) is 7.85. The number of nitrogens with zero attached hydrogens (tertiary/aromatic N) is 1. The molecule has 4 N–H and O–H groups in total. The van der Waals surface area contributed by atoms with Crippen LogP contribution in [0.1, 0.15) is 0 Å². The van der Waals surface area contributed by atoms with Gasteiger partial charge < -0.3 is 5.32 Å². The third-order valence-electron chi connectivity index (χ3n) is 4.35. The second-order valence-electron chi connectivity index (χ2n) is 6.29. The van der Waals surface area contributed by atoms with Gasteiger partial charge in [0.05, 0.1) is 10.6 Å². The van der Waals surface area contributed by atoms with Crippen molar-refractivity contribution in [3.05, 3.63) is 85.1 Å². The molecule has 0 aliphatic carbocycles. The van der Waals surface area contributed by atoms with E-state index >= 15 is 0 Å². The predicted molar refractivity (Wildman–Crippen MR) is 111 cm³/mol. The van der Waals surface area contributed by atoms with Gasteiger partial charge in [0.2, 0.25) is 10.0 Å². The lowest BCUT2D eigenvalue weighted by molar-refractivity contribution is 0.598. The van der Waals surface area contributed by atoms with Gasteiger partial charge in [-0.3, -0.25) is 5.10 Å². The van der Waals surface area contributed by atoms with Gasteiger partial charge >= 0.3 is 0 Å². The molecule has 4 rings (SSSR count). The highest BCUT2D eigenvalue weighted by atomic mass is 32.2. The van der Waals surface area contributed by atoms with Crippen LogP contribution in [-0.4, -0.2) is 18.6 Å². The normalized spacial score (nSPS) is 11.3. The van der Waals surface area contributed by atoms with E-state index in [1.807, 2.05) is 30.3 Å². The Morgan fingerprint density at radius 3 is 2.21 bits per heavy atom. The zero-order valence-corrected chi connectivity index (χ0v) is 15.6. The summed E-state index contributed by atoms with van der Waals surface area (Å²) in [6.07, 6.45) is 1.76. The number of hydrogen-bond acceptors (Lipinski definition) is 4. The zero-order valence-electron chi connectivity index (χ0n) is 14.8. The molecule has 0 bridgehead atoms. The second kappa shape index (κ2) is 7.30. The summed E-state index contributed by atoms with van der Waals surface area (Å²) in [4.78, 5) is 0.0704. The minimum atomic E-state index is -3.71. The van der Waals surface area contributed by atoms with E-state index in [-0.39, 0.29) is 4.90 Å². The molecule has 7 heteroatoms. The number of nitrogens with two attached hydrogens (primary N) is 1. The molecule has 1 heterocycles. The summed E-state index contributed by atoms with van der Waals surface area (Å²) in [5, 5.41) is 15.7. The number of aromatic amines is 1. The molecule has 0 fully saturated rings. The summed E-state index contributed by atoms with van der Waals surface area (Å²) < 4.78 is 22.8. The summed E-state index contributed by atoms with van der Waals surface area (Å²) in [5.74, 6) is 0. The highest BCUT2D eigenvalue weighted by molar-refractivity contribution is 7.89. The maximum Gasteiger partial charge on any atom is 0.238 e. The molecule has 28 heavy (non-hydrogen) atoms. The molecule has 0 amide bonds. The Bertz CT molecular complexity index is 1200. The van der Waals surface area contributed by atoms with Crippen molar-refractivity contribution in [2.24, 2.45) is 5.14 Å². The Labute approximate surface area is 163 Å². The van der Waals surface area contributed by atoms with Crippen LogP contribution < -0.4 is 10.5 Å². The standard InChI is InChI=1S/C21H18N4O2S/c22-28(26,27)19-11-9-18(10-12-19)24-20-14-23-25-21(20)17-8-4-7-16(13-17)15-5-2-1-3-6-15/h1-14,24H,(H,23,25)(H2,22,26,27). The van der Waals surface area contributed by atoms with E-state index in [0.29, 0.717) is 0 Å². The zero-order chi connectivity index (χ0) is 19.6. The maximum atomic E-state index is 11.4. The molecule has 0 aliphatic heterocycles. The van der Waals surface area contributed by atoms with Crippen LogP contribution in [0.2, 0.25) is 0 Å². The van der Waals surface area contributed by atoms with E-state index in [1.54, 1.807) is 18.3 Å². The fourth-order valence-electron chi connectivity index (χ4n) is 2.97. The minimum Gasteiger partial charge on any atom is -0.352 e. The van der Waals surface area contributed by atoms with Gasteiger partial charge in [-0.2, -0.15) is 5.10 Å². The Balaban J connectivity index is 1.63. The fourth-order valence-corrected chi connectivity index (χ4v) is 3.48. The molecule has 0 radical (unpaired) electrons. The molecule has 0 unspecified atom stereocenters. The summed E-state index contributed by atoms with van der Waals surface area (Å²) in [7, 11) is -3.71. The molecule has 4 aromatic rings. The highest BCUT2D eigenvalue weighted by Crippen LogP contribution is 2.31. The molecule has 1 aromatic heterocycles. The first-order chi connectivity index (χ1) is 13.5. The Kier molecular flexibility index (Phi) is 4.68. The molecular formula is C21H18N4O2S. The fraction of sp³-hybridized carbons (Fsp3) is 0.